The summed E-state index contributed by atoms with van der Waals surface area (Å²) in [6, 6.07) is 6.46. The first-order valence-corrected chi connectivity index (χ1v) is 7.54. The number of aliphatic hydroxyl groups excluding tert-OH is 1. The Kier molecular flexibility index (Phi) is 3.96. The molecule has 0 aliphatic carbocycles. The third kappa shape index (κ3) is 2.73. The standard InChI is InChI=1S/C15H21ClN2O/c16-13-5-4-12(11-19)15(9-13)18-8-7-17-6-2-1-3-14(17)10-18/h4-5,9,14,19H,1-3,6-8,10-11H2. The summed E-state index contributed by atoms with van der Waals surface area (Å²) in [5.41, 5.74) is 2.09. The number of piperidine rings is 1. The van der Waals surface area contributed by atoms with Gasteiger partial charge in [0.25, 0.3) is 0 Å². The average Bonchev–Trinajstić information content (AvgIpc) is 2.46. The summed E-state index contributed by atoms with van der Waals surface area (Å²) in [5, 5.41) is 10.2. The van der Waals surface area contributed by atoms with Gasteiger partial charge in [-0.05, 0) is 31.5 Å². The van der Waals surface area contributed by atoms with Gasteiger partial charge in [0.05, 0.1) is 6.61 Å². The van der Waals surface area contributed by atoms with E-state index in [1.165, 1.54) is 25.8 Å². The zero-order valence-electron chi connectivity index (χ0n) is 11.2. The summed E-state index contributed by atoms with van der Waals surface area (Å²) in [6.07, 6.45) is 3.98. The summed E-state index contributed by atoms with van der Waals surface area (Å²) in [5.74, 6) is 0. The van der Waals surface area contributed by atoms with Gasteiger partial charge in [0.2, 0.25) is 0 Å². The Bertz CT molecular complexity index is 452. The number of rotatable bonds is 2. The van der Waals surface area contributed by atoms with Crippen LogP contribution in [0.25, 0.3) is 0 Å². The third-order valence-corrected chi connectivity index (χ3v) is 4.63. The minimum Gasteiger partial charge on any atom is -0.392 e. The summed E-state index contributed by atoms with van der Waals surface area (Å²) < 4.78 is 0. The lowest BCUT2D eigenvalue weighted by atomic mass is 9.98. The van der Waals surface area contributed by atoms with E-state index < -0.39 is 0 Å². The second-order valence-electron chi connectivity index (χ2n) is 5.56. The lowest BCUT2D eigenvalue weighted by Gasteiger charge is -2.45. The van der Waals surface area contributed by atoms with Crippen LogP contribution in [-0.2, 0) is 6.61 Å². The molecule has 0 spiro atoms. The van der Waals surface area contributed by atoms with Gasteiger partial charge in [0.15, 0.2) is 0 Å². The summed E-state index contributed by atoms with van der Waals surface area (Å²) in [4.78, 5) is 5.01. The van der Waals surface area contributed by atoms with Crippen molar-refractivity contribution in [3.8, 4) is 0 Å². The molecule has 3 rings (SSSR count). The first-order valence-electron chi connectivity index (χ1n) is 7.16. The Hall–Kier alpha value is -0.770. The Labute approximate surface area is 119 Å². The van der Waals surface area contributed by atoms with E-state index in [2.05, 4.69) is 9.80 Å². The van der Waals surface area contributed by atoms with Crippen LogP contribution < -0.4 is 4.90 Å². The summed E-state index contributed by atoms with van der Waals surface area (Å²) >= 11 is 6.11. The molecule has 2 saturated heterocycles. The molecule has 2 aliphatic heterocycles. The molecule has 1 aromatic rings. The van der Waals surface area contributed by atoms with E-state index in [9.17, 15) is 5.11 Å². The van der Waals surface area contributed by atoms with E-state index in [-0.39, 0.29) is 6.61 Å². The van der Waals surface area contributed by atoms with Crippen LogP contribution in [0.3, 0.4) is 0 Å². The Morgan fingerprint density at radius 2 is 2.11 bits per heavy atom. The monoisotopic (exact) mass is 280 g/mol. The fourth-order valence-corrected chi connectivity index (χ4v) is 3.51. The van der Waals surface area contributed by atoms with E-state index in [4.69, 9.17) is 11.6 Å². The lowest BCUT2D eigenvalue weighted by molar-refractivity contribution is 0.133. The molecular formula is C15H21ClN2O. The largest absolute Gasteiger partial charge is 0.392 e. The van der Waals surface area contributed by atoms with Gasteiger partial charge in [-0.1, -0.05) is 24.1 Å². The van der Waals surface area contributed by atoms with Crippen LogP contribution in [0, 0.1) is 0 Å². The quantitative estimate of drug-likeness (QED) is 0.902. The fourth-order valence-electron chi connectivity index (χ4n) is 3.34. The molecule has 4 heteroatoms. The van der Waals surface area contributed by atoms with E-state index in [0.29, 0.717) is 6.04 Å². The van der Waals surface area contributed by atoms with Crippen molar-refractivity contribution in [2.75, 3.05) is 31.1 Å². The molecule has 0 bridgehead atoms. The van der Waals surface area contributed by atoms with E-state index in [0.717, 1.165) is 35.9 Å². The molecule has 3 nitrogen and oxygen atoms in total. The molecule has 0 amide bonds. The molecule has 1 N–H and O–H groups in total. The van der Waals surface area contributed by atoms with Crippen LogP contribution in [0.5, 0.6) is 0 Å². The topological polar surface area (TPSA) is 26.7 Å². The minimum absolute atomic E-state index is 0.0807. The molecule has 1 aromatic carbocycles. The highest BCUT2D eigenvalue weighted by Crippen LogP contribution is 2.29. The number of fused-ring (bicyclic) bond motifs is 1. The fraction of sp³-hybridized carbons (Fsp3) is 0.600. The van der Waals surface area contributed by atoms with Gasteiger partial charge >= 0.3 is 0 Å². The van der Waals surface area contributed by atoms with E-state index in [1.807, 2.05) is 18.2 Å². The van der Waals surface area contributed by atoms with Crippen molar-refractivity contribution in [2.24, 2.45) is 0 Å². The molecule has 0 aromatic heterocycles. The number of piperazine rings is 1. The maximum atomic E-state index is 9.49. The Morgan fingerprint density at radius 1 is 1.21 bits per heavy atom. The van der Waals surface area contributed by atoms with Crippen molar-refractivity contribution in [2.45, 2.75) is 31.9 Å². The normalized spacial score (nSPS) is 24.3. The summed E-state index contributed by atoms with van der Waals surface area (Å²) in [7, 11) is 0. The Balaban J connectivity index is 1.80. The van der Waals surface area contributed by atoms with Crippen molar-refractivity contribution in [3.05, 3.63) is 28.8 Å². The van der Waals surface area contributed by atoms with Crippen LogP contribution in [0.2, 0.25) is 5.02 Å². The molecule has 19 heavy (non-hydrogen) atoms. The van der Waals surface area contributed by atoms with Crippen LogP contribution in [0.1, 0.15) is 24.8 Å². The maximum Gasteiger partial charge on any atom is 0.0702 e. The van der Waals surface area contributed by atoms with Crippen molar-refractivity contribution < 1.29 is 5.11 Å². The van der Waals surface area contributed by atoms with Crippen molar-refractivity contribution >= 4 is 17.3 Å². The Morgan fingerprint density at radius 3 is 2.95 bits per heavy atom. The number of nitrogens with zero attached hydrogens (tertiary/aromatic N) is 2. The van der Waals surface area contributed by atoms with Crippen molar-refractivity contribution in [3.63, 3.8) is 0 Å². The van der Waals surface area contributed by atoms with Crippen LogP contribution in [-0.4, -0.2) is 42.2 Å². The van der Waals surface area contributed by atoms with Crippen LogP contribution in [0.15, 0.2) is 18.2 Å². The van der Waals surface area contributed by atoms with Crippen LogP contribution >= 0.6 is 11.6 Å². The zero-order valence-corrected chi connectivity index (χ0v) is 11.9. The van der Waals surface area contributed by atoms with Gasteiger partial charge in [0, 0.05) is 41.9 Å². The predicted molar refractivity (Wildman–Crippen MR) is 78.8 cm³/mol. The second kappa shape index (κ2) is 5.70. The molecule has 2 heterocycles. The number of benzene rings is 1. The molecular weight excluding hydrogens is 260 g/mol. The highest BCUT2D eigenvalue weighted by atomic mass is 35.5. The lowest BCUT2D eigenvalue weighted by Crippen LogP contribution is -2.55. The SMILES string of the molecule is OCc1ccc(Cl)cc1N1CCN2CCCCC2C1. The van der Waals surface area contributed by atoms with Gasteiger partial charge < -0.3 is 10.0 Å². The van der Waals surface area contributed by atoms with E-state index in [1.54, 1.807) is 0 Å². The molecule has 0 radical (unpaired) electrons. The number of aliphatic hydroxyl groups is 1. The average molecular weight is 281 g/mol. The number of hydrogen-bond acceptors (Lipinski definition) is 3. The van der Waals surface area contributed by atoms with Gasteiger partial charge in [-0.3, -0.25) is 4.90 Å². The molecule has 104 valence electrons. The predicted octanol–water partition coefficient (Wildman–Crippen LogP) is 2.51. The molecule has 2 fully saturated rings. The number of hydrogen-bond donors (Lipinski definition) is 1. The highest BCUT2D eigenvalue weighted by Gasteiger charge is 2.29. The molecule has 1 atom stereocenters. The number of anilines is 1. The highest BCUT2D eigenvalue weighted by molar-refractivity contribution is 6.30. The zero-order chi connectivity index (χ0) is 13.2. The first-order chi connectivity index (χ1) is 9.28. The second-order valence-corrected chi connectivity index (χ2v) is 6.00. The van der Waals surface area contributed by atoms with Gasteiger partial charge in [-0.2, -0.15) is 0 Å². The van der Waals surface area contributed by atoms with Gasteiger partial charge in [0.1, 0.15) is 0 Å². The van der Waals surface area contributed by atoms with Gasteiger partial charge in [-0.15, -0.1) is 0 Å². The smallest absolute Gasteiger partial charge is 0.0702 e. The molecule has 2 aliphatic rings. The molecule has 0 saturated carbocycles. The van der Waals surface area contributed by atoms with Gasteiger partial charge in [-0.25, -0.2) is 0 Å². The van der Waals surface area contributed by atoms with Crippen LogP contribution in [0.4, 0.5) is 5.69 Å². The third-order valence-electron chi connectivity index (χ3n) is 4.40. The van der Waals surface area contributed by atoms with Crippen molar-refractivity contribution in [1.82, 2.24) is 4.90 Å². The first kappa shape index (κ1) is 13.2. The van der Waals surface area contributed by atoms with E-state index >= 15 is 0 Å². The molecule has 1 unspecified atom stereocenters. The number of halogens is 1. The minimum atomic E-state index is 0.0807. The van der Waals surface area contributed by atoms with Crippen molar-refractivity contribution in [1.29, 1.82) is 0 Å². The summed E-state index contributed by atoms with van der Waals surface area (Å²) in [6.45, 7) is 4.55. The maximum absolute atomic E-state index is 9.49.